The fraction of sp³-hybridized carbons (Fsp3) is 0.312. The second kappa shape index (κ2) is 9.90. The number of benzene rings is 1. The van der Waals surface area contributed by atoms with Crippen molar-refractivity contribution in [3.8, 4) is 0 Å². The van der Waals surface area contributed by atoms with Crippen LogP contribution in [-0.4, -0.2) is 18.5 Å². The summed E-state index contributed by atoms with van der Waals surface area (Å²) in [6.45, 7) is 2.55. The molecule has 1 amide bonds. The highest BCUT2D eigenvalue weighted by Gasteiger charge is 2.11. The van der Waals surface area contributed by atoms with Crippen LogP contribution in [0.3, 0.4) is 0 Å². The van der Waals surface area contributed by atoms with E-state index in [1.807, 2.05) is 37.3 Å². The molecule has 0 spiro atoms. The van der Waals surface area contributed by atoms with Gasteiger partial charge in [0.15, 0.2) is 0 Å². The fourth-order valence-corrected chi connectivity index (χ4v) is 3.66. The molecule has 2 rings (SSSR count). The summed E-state index contributed by atoms with van der Waals surface area (Å²) in [7, 11) is 0. The van der Waals surface area contributed by atoms with E-state index in [0.717, 1.165) is 22.6 Å². The highest BCUT2D eigenvalue weighted by molar-refractivity contribution is 7.98. The van der Waals surface area contributed by atoms with E-state index in [1.165, 1.54) is 4.88 Å². The normalized spacial score (nSPS) is 11.5. The molecular weight excluding hydrogens is 336 g/mol. The van der Waals surface area contributed by atoms with E-state index in [0.29, 0.717) is 6.54 Å². The minimum atomic E-state index is -0.0232. The van der Waals surface area contributed by atoms with Gasteiger partial charge >= 0.3 is 0 Å². The number of hydrogen-bond acceptors (Lipinski definition) is 4. The lowest BCUT2D eigenvalue weighted by molar-refractivity contribution is 0.0950. The van der Waals surface area contributed by atoms with Crippen molar-refractivity contribution in [1.82, 2.24) is 5.32 Å². The van der Waals surface area contributed by atoms with Gasteiger partial charge in [0.05, 0.1) is 5.56 Å². The molecule has 0 saturated carbocycles. The Kier molecular flexibility index (Phi) is 8.56. The van der Waals surface area contributed by atoms with Crippen molar-refractivity contribution < 1.29 is 4.79 Å². The van der Waals surface area contributed by atoms with Crippen LogP contribution in [0.15, 0.2) is 46.7 Å². The van der Waals surface area contributed by atoms with Crippen LogP contribution in [0.1, 0.15) is 28.6 Å². The van der Waals surface area contributed by atoms with Gasteiger partial charge in [0, 0.05) is 28.1 Å². The summed E-state index contributed by atoms with van der Waals surface area (Å²) in [6, 6.07) is 12.0. The Balaban J connectivity index is 0.00000242. The molecular formula is C16H21ClN2OS2. The molecule has 0 aliphatic rings. The topological polar surface area (TPSA) is 55.1 Å². The summed E-state index contributed by atoms with van der Waals surface area (Å²) in [5.74, 6) is 0.867. The van der Waals surface area contributed by atoms with E-state index < -0.39 is 0 Å². The average molecular weight is 357 g/mol. The van der Waals surface area contributed by atoms with Crippen LogP contribution in [0.2, 0.25) is 0 Å². The van der Waals surface area contributed by atoms with E-state index in [2.05, 4.69) is 16.8 Å². The molecule has 0 bridgehead atoms. The number of rotatable bonds is 7. The second-order valence-electron chi connectivity index (χ2n) is 4.89. The number of thioether (sulfide) groups is 1. The molecule has 0 saturated heterocycles. The third-order valence-electron chi connectivity index (χ3n) is 2.97. The van der Waals surface area contributed by atoms with Crippen LogP contribution in [0, 0.1) is 0 Å². The number of amides is 1. The number of carbonyl (C=O) groups excluding carboxylic acids is 1. The second-order valence-corrected chi connectivity index (χ2v) is 6.94. The Morgan fingerprint density at radius 1 is 1.32 bits per heavy atom. The van der Waals surface area contributed by atoms with Gasteiger partial charge in [-0.25, -0.2) is 0 Å². The van der Waals surface area contributed by atoms with Gasteiger partial charge in [-0.3, -0.25) is 4.79 Å². The Labute approximate surface area is 146 Å². The van der Waals surface area contributed by atoms with Gasteiger partial charge in [0.2, 0.25) is 0 Å². The number of hydrogen-bond donors (Lipinski definition) is 2. The van der Waals surface area contributed by atoms with Crippen molar-refractivity contribution in [3.63, 3.8) is 0 Å². The summed E-state index contributed by atoms with van der Waals surface area (Å²) < 4.78 is 0. The van der Waals surface area contributed by atoms with Gasteiger partial charge in [-0.05, 0) is 36.9 Å². The van der Waals surface area contributed by atoms with Gasteiger partial charge in [-0.1, -0.05) is 18.2 Å². The van der Waals surface area contributed by atoms with Crippen LogP contribution >= 0.6 is 35.5 Å². The Morgan fingerprint density at radius 3 is 2.77 bits per heavy atom. The average Bonchev–Trinajstić information content (AvgIpc) is 2.98. The van der Waals surface area contributed by atoms with Crippen LogP contribution in [0.4, 0.5) is 0 Å². The minimum absolute atomic E-state index is 0. The highest BCUT2D eigenvalue weighted by atomic mass is 35.5. The Morgan fingerprint density at radius 2 is 2.09 bits per heavy atom. The van der Waals surface area contributed by atoms with Crippen molar-refractivity contribution in [2.24, 2.45) is 5.73 Å². The fourth-order valence-electron chi connectivity index (χ4n) is 1.83. The SMILES string of the molecule is CC(N)CCNC(=O)c1ccccc1SCc1cccs1.Cl. The minimum Gasteiger partial charge on any atom is -0.352 e. The number of carbonyl (C=O) groups is 1. The smallest absolute Gasteiger partial charge is 0.252 e. The number of thiophene rings is 1. The maximum absolute atomic E-state index is 12.2. The molecule has 1 aromatic heterocycles. The quantitative estimate of drug-likeness (QED) is 0.739. The molecule has 6 heteroatoms. The van der Waals surface area contributed by atoms with E-state index in [-0.39, 0.29) is 24.4 Å². The van der Waals surface area contributed by atoms with Crippen molar-refractivity contribution >= 4 is 41.4 Å². The summed E-state index contributed by atoms with van der Waals surface area (Å²) in [5, 5.41) is 5.01. The lowest BCUT2D eigenvalue weighted by atomic mass is 10.2. The van der Waals surface area contributed by atoms with E-state index in [1.54, 1.807) is 23.1 Å². The number of halogens is 1. The van der Waals surface area contributed by atoms with Gasteiger partial charge in [-0.2, -0.15) is 0 Å². The van der Waals surface area contributed by atoms with Crippen LogP contribution < -0.4 is 11.1 Å². The third-order valence-corrected chi connectivity index (χ3v) is 5.15. The molecule has 0 fully saturated rings. The molecule has 1 heterocycles. The molecule has 0 radical (unpaired) electrons. The van der Waals surface area contributed by atoms with Crippen LogP contribution in [0.5, 0.6) is 0 Å². The number of nitrogens with one attached hydrogen (secondary N) is 1. The summed E-state index contributed by atoms with van der Waals surface area (Å²) >= 11 is 3.44. The Bertz CT molecular complexity index is 573. The van der Waals surface area contributed by atoms with Crippen molar-refractivity contribution in [1.29, 1.82) is 0 Å². The largest absolute Gasteiger partial charge is 0.352 e. The lowest BCUT2D eigenvalue weighted by Crippen LogP contribution is -2.29. The van der Waals surface area contributed by atoms with Gasteiger partial charge in [0.25, 0.3) is 5.91 Å². The molecule has 22 heavy (non-hydrogen) atoms. The first-order valence-electron chi connectivity index (χ1n) is 6.95. The van der Waals surface area contributed by atoms with Gasteiger partial charge < -0.3 is 11.1 Å². The van der Waals surface area contributed by atoms with Crippen molar-refractivity contribution in [3.05, 3.63) is 52.2 Å². The standard InChI is InChI=1S/C16H20N2OS2.ClH/c1-12(17)8-9-18-16(19)14-6-2-3-7-15(14)21-11-13-5-4-10-20-13;/h2-7,10,12H,8-9,11,17H2,1H3,(H,18,19);1H. The number of nitrogens with two attached hydrogens (primary N) is 1. The molecule has 1 unspecified atom stereocenters. The van der Waals surface area contributed by atoms with Crippen LogP contribution in [-0.2, 0) is 5.75 Å². The molecule has 3 nitrogen and oxygen atoms in total. The summed E-state index contributed by atoms with van der Waals surface area (Å²) in [4.78, 5) is 14.6. The summed E-state index contributed by atoms with van der Waals surface area (Å²) in [6.07, 6.45) is 0.788. The highest BCUT2D eigenvalue weighted by Crippen LogP contribution is 2.27. The first-order chi connectivity index (χ1) is 10.2. The molecule has 3 N–H and O–H groups in total. The lowest BCUT2D eigenvalue weighted by Gasteiger charge is -2.10. The third kappa shape index (κ3) is 6.01. The van der Waals surface area contributed by atoms with Crippen molar-refractivity contribution in [2.45, 2.75) is 30.0 Å². The zero-order valence-corrected chi connectivity index (χ0v) is 14.9. The maximum atomic E-state index is 12.2. The van der Waals surface area contributed by atoms with E-state index in [4.69, 9.17) is 5.73 Å². The van der Waals surface area contributed by atoms with Crippen LogP contribution in [0.25, 0.3) is 0 Å². The zero-order valence-electron chi connectivity index (χ0n) is 12.5. The predicted molar refractivity (Wildman–Crippen MR) is 98.2 cm³/mol. The van der Waals surface area contributed by atoms with Gasteiger partial charge in [-0.15, -0.1) is 35.5 Å². The molecule has 0 aliphatic heterocycles. The molecule has 1 aromatic carbocycles. The molecule has 2 aromatic rings. The predicted octanol–water partition coefficient (Wildman–Crippen LogP) is 3.93. The monoisotopic (exact) mass is 356 g/mol. The van der Waals surface area contributed by atoms with E-state index in [9.17, 15) is 4.79 Å². The molecule has 120 valence electrons. The van der Waals surface area contributed by atoms with Crippen molar-refractivity contribution in [2.75, 3.05) is 6.54 Å². The zero-order chi connectivity index (χ0) is 15.1. The summed E-state index contributed by atoms with van der Waals surface area (Å²) in [5.41, 5.74) is 6.43. The maximum Gasteiger partial charge on any atom is 0.252 e. The first-order valence-corrected chi connectivity index (χ1v) is 8.81. The Hall–Kier alpha value is -1.01. The van der Waals surface area contributed by atoms with E-state index >= 15 is 0 Å². The van der Waals surface area contributed by atoms with Gasteiger partial charge in [0.1, 0.15) is 0 Å². The molecule has 1 atom stereocenters. The molecule has 0 aliphatic carbocycles. The first kappa shape index (κ1) is 19.0.